The molecule has 3 aromatic rings. The van der Waals surface area contributed by atoms with E-state index in [1.807, 2.05) is 41.0 Å². The molecule has 0 aliphatic heterocycles. The van der Waals surface area contributed by atoms with Gasteiger partial charge in [-0.25, -0.2) is 4.98 Å². The van der Waals surface area contributed by atoms with E-state index in [9.17, 15) is 0 Å². The molecule has 21 heavy (non-hydrogen) atoms. The second kappa shape index (κ2) is 6.01. The summed E-state index contributed by atoms with van der Waals surface area (Å²) in [7, 11) is 0. The van der Waals surface area contributed by atoms with Crippen LogP contribution >= 0.6 is 0 Å². The molecule has 0 aliphatic rings. The Morgan fingerprint density at radius 1 is 1.10 bits per heavy atom. The Hall–Kier alpha value is -2.27. The fourth-order valence-corrected chi connectivity index (χ4v) is 2.21. The van der Waals surface area contributed by atoms with E-state index in [0.717, 1.165) is 35.6 Å². The number of imidazole rings is 1. The van der Waals surface area contributed by atoms with Crippen LogP contribution in [0.2, 0.25) is 0 Å². The van der Waals surface area contributed by atoms with Crippen molar-refractivity contribution in [2.75, 3.05) is 6.54 Å². The minimum Gasteiger partial charge on any atom is -0.311 e. The third-order valence-corrected chi connectivity index (χ3v) is 3.26. The molecule has 0 bridgehead atoms. The molecule has 0 atom stereocenters. The van der Waals surface area contributed by atoms with Crippen LogP contribution in [0.1, 0.15) is 19.5 Å². The van der Waals surface area contributed by atoms with Crippen LogP contribution in [-0.2, 0) is 6.54 Å². The Bertz CT molecular complexity index is 715. The third-order valence-electron chi connectivity index (χ3n) is 3.26. The van der Waals surface area contributed by atoms with Gasteiger partial charge < -0.3 is 5.32 Å². The highest BCUT2D eigenvalue weighted by molar-refractivity contribution is 5.76. The standard InChI is InChI=1S/C16H19N5/c1-12(2)9-17-10-13-7-8-16(20-19-13)21-11-18-14-5-3-4-6-15(14)21/h3-8,11-12,17H,9-10H2,1-2H3. The molecular formula is C16H19N5. The first-order chi connectivity index (χ1) is 10.2. The summed E-state index contributed by atoms with van der Waals surface area (Å²) in [6, 6.07) is 12.0. The molecule has 0 saturated heterocycles. The quantitative estimate of drug-likeness (QED) is 0.781. The van der Waals surface area contributed by atoms with Gasteiger partial charge in [0.2, 0.25) is 0 Å². The van der Waals surface area contributed by atoms with Gasteiger partial charge in [0.25, 0.3) is 0 Å². The maximum atomic E-state index is 4.37. The van der Waals surface area contributed by atoms with E-state index >= 15 is 0 Å². The van der Waals surface area contributed by atoms with Crippen LogP contribution in [0.4, 0.5) is 0 Å². The number of benzene rings is 1. The molecule has 2 heterocycles. The van der Waals surface area contributed by atoms with E-state index in [4.69, 9.17) is 0 Å². The van der Waals surface area contributed by atoms with E-state index in [0.29, 0.717) is 5.92 Å². The normalized spacial score (nSPS) is 11.4. The second-order valence-corrected chi connectivity index (χ2v) is 5.51. The van der Waals surface area contributed by atoms with Crippen LogP contribution in [-0.4, -0.2) is 26.3 Å². The SMILES string of the molecule is CC(C)CNCc1ccc(-n2cnc3ccccc32)nn1. The molecule has 3 rings (SSSR count). The highest BCUT2D eigenvalue weighted by atomic mass is 15.2. The summed E-state index contributed by atoms with van der Waals surface area (Å²) in [4.78, 5) is 4.37. The smallest absolute Gasteiger partial charge is 0.161 e. The maximum Gasteiger partial charge on any atom is 0.161 e. The van der Waals surface area contributed by atoms with E-state index in [1.54, 1.807) is 6.33 Å². The molecule has 5 nitrogen and oxygen atoms in total. The number of fused-ring (bicyclic) bond motifs is 1. The third kappa shape index (κ3) is 3.08. The fourth-order valence-electron chi connectivity index (χ4n) is 2.21. The lowest BCUT2D eigenvalue weighted by Crippen LogP contribution is -2.19. The van der Waals surface area contributed by atoms with Gasteiger partial charge in [-0.05, 0) is 36.7 Å². The van der Waals surface area contributed by atoms with Crippen molar-refractivity contribution in [2.24, 2.45) is 5.92 Å². The van der Waals surface area contributed by atoms with Gasteiger partial charge in [-0.1, -0.05) is 26.0 Å². The molecule has 0 aliphatic carbocycles. The zero-order valence-corrected chi connectivity index (χ0v) is 12.3. The van der Waals surface area contributed by atoms with E-state index in [-0.39, 0.29) is 0 Å². The second-order valence-electron chi connectivity index (χ2n) is 5.51. The molecule has 5 heteroatoms. The Kier molecular flexibility index (Phi) is 3.92. The summed E-state index contributed by atoms with van der Waals surface area (Å²) in [5.74, 6) is 1.42. The van der Waals surface area contributed by atoms with Crippen LogP contribution in [0.5, 0.6) is 0 Å². The predicted molar refractivity (Wildman–Crippen MR) is 83.2 cm³/mol. The van der Waals surface area contributed by atoms with E-state index in [1.165, 1.54) is 0 Å². The van der Waals surface area contributed by atoms with Gasteiger partial charge in [-0.2, -0.15) is 5.10 Å². The lowest BCUT2D eigenvalue weighted by atomic mass is 10.2. The van der Waals surface area contributed by atoms with Crippen molar-refractivity contribution in [3.05, 3.63) is 48.4 Å². The largest absolute Gasteiger partial charge is 0.311 e. The van der Waals surface area contributed by atoms with Crippen molar-refractivity contribution in [3.8, 4) is 5.82 Å². The molecular weight excluding hydrogens is 262 g/mol. The first kappa shape index (κ1) is 13.7. The lowest BCUT2D eigenvalue weighted by Gasteiger charge is -2.07. The highest BCUT2D eigenvalue weighted by Gasteiger charge is 2.05. The maximum absolute atomic E-state index is 4.37. The van der Waals surface area contributed by atoms with Gasteiger partial charge in [-0.3, -0.25) is 4.57 Å². The van der Waals surface area contributed by atoms with Gasteiger partial charge in [0.05, 0.1) is 16.7 Å². The van der Waals surface area contributed by atoms with Crippen LogP contribution in [0.3, 0.4) is 0 Å². The Morgan fingerprint density at radius 3 is 2.71 bits per heavy atom. The zero-order valence-electron chi connectivity index (χ0n) is 12.3. The summed E-state index contributed by atoms with van der Waals surface area (Å²) < 4.78 is 1.95. The topological polar surface area (TPSA) is 55.6 Å². The average Bonchev–Trinajstić information content (AvgIpc) is 2.92. The number of hydrogen-bond acceptors (Lipinski definition) is 4. The lowest BCUT2D eigenvalue weighted by molar-refractivity contribution is 0.546. The van der Waals surface area contributed by atoms with Crippen LogP contribution in [0.25, 0.3) is 16.9 Å². The minimum absolute atomic E-state index is 0.634. The van der Waals surface area contributed by atoms with Gasteiger partial charge in [0.1, 0.15) is 6.33 Å². The summed E-state index contributed by atoms with van der Waals surface area (Å²) in [5, 5.41) is 11.9. The molecule has 1 N–H and O–H groups in total. The Labute approximate surface area is 124 Å². The Morgan fingerprint density at radius 2 is 1.95 bits per heavy atom. The number of nitrogens with zero attached hydrogens (tertiary/aromatic N) is 4. The van der Waals surface area contributed by atoms with Crippen molar-refractivity contribution in [3.63, 3.8) is 0 Å². The van der Waals surface area contributed by atoms with E-state index in [2.05, 4.69) is 34.3 Å². The molecule has 0 fully saturated rings. The molecule has 1 aromatic carbocycles. The van der Waals surface area contributed by atoms with Crippen molar-refractivity contribution in [1.29, 1.82) is 0 Å². The van der Waals surface area contributed by atoms with Gasteiger partial charge in [0.15, 0.2) is 5.82 Å². The zero-order chi connectivity index (χ0) is 14.7. The number of para-hydroxylation sites is 2. The highest BCUT2D eigenvalue weighted by Crippen LogP contribution is 2.15. The van der Waals surface area contributed by atoms with Crippen molar-refractivity contribution in [2.45, 2.75) is 20.4 Å². The summed E-state index contributed by atoms with van der Waals surface area (Å²) in [5.41, 5.74) is 2.95. The molecule has 0 unspecified atom stereocenters. The van der Waals surface area contributed by atoms with Gasteiger partial charge in [0, 0.05) is 6.54 Å². The number of hydrogen-bond donors (Lipinski definition) is 1. The van der Waals surface area contributed by atoms with Crippen molar-refractivity contribution >= 4 is 11.0 Å². The number of nitrogens with one attached hydrogen (secondary N) is 1. The monoisotopic (exact) mass is 281 g/mol. The molecule has 2 aromatic heterocycles. The van der Waals surface area contributed by atoms with Gasteiger partial charge >= 0.3 is 0 Å². The summed E-state index contributed by atoms with van der Waals surface area (Å²) in [6.45, 7) is 6.10. The van der Waals surface area contributed by atoms with Gasteiger partial charge in [-0.15, -0.1) is 5.10 Å². The van der Waals surface area contributed by atoms with Crippen molar-refractivity contribution in [1.82, 2.24) is 25.1 Å². The first-order valence-corrected chi connectivity index (χ1v) is 7.20. The van der Waals surface area contributed by atoms with E-state index < -0.39 is 0 Å². The van der Waals surface area contributed by atoms with Crippen LogP contribution in [0.15, 0.2) is 42.7 Å². The summed E-state index contributed by atoms with van der Waals surface area (Å²) >= 11 is 0. The molecule has 108 valence electrons. The summed E-state index contributed by atoms with van der Waals surface area (Å²) in [6.07, 6.45) is 1.78. The predicted octanol–water partition coefficient (Wildman–Crippen LogP) is 2.56. The number of rotatable bonds is 5. The van der Waals surface area contributed by atoms with Crippen LogP contribution < -0.4 is 5.32 Å². The van der Waals surface area contributed by atoms with Crippen molar-refractivity contribution < 1.29 is 0 Å². The fraction of sp³-hybridized carbons (Fsp3) is 0.312. The molecule has 0 amide bonds. The average molecular weight is 281 g/mol. The number of aromatic nitrogens is 4. The first-order valence-electron chi connectivity index (χ1n) is 7.20. The molecule has 0 radical (unpaired) electrons. The van der Waals surface area contributed by atoms with Crippen LogP contribution in [0, 0.1) is 5.92 Å². The molecule has 0 saturated carbocycles. The Balaban J connectivity index is 1.78. The minimum atomic E-state index is 0.634. The molecule has 0 spiro atoms.